The Labute approximate surface area is 164 Å². The SMILES string of the molecule is Cc1nc(N2CCN(C)CC2)cc(N2CCN(S(=O)(=O)c3cnoc3)CC2)n1. The summed E-state index contributed by atoms with van der Waals surface area (Å²) in [6, 6.07) is 2.02. The van der Waals surface area contributed by atoms with Crippen LogP contribution < -0.4 is 9.80 Å². The van der Waals surface area contributed by atoms with Crippen LogP contribution in [-0.4, -0.2) is 92.2 Å². The molecule has 4 heterocycles. The molecule has 10 nitrogen and oxygen atoms in total. The molecule has 0 bridgehead atoms. The number of aryl methyl sites for hydroxylation is 1. The highest BCUT2D eigenvalue weighted by molar-refractivity contribution is 7.89. The first-order chi connectivity index (χ1) is 13.4. The Morgan fingerprint density at radius 3 is 2.04 bits per heavy atom. The first-order valence-corrected chi connectivity index (χ1v) is 10.8. The van der Waals surface area contributed by atoms with Crippen LogP contribution >= 0.6 is 0 Å². The smallest absolute Gasteiger partial charge is 0.248 e. The van der Waals surface area contributed by atoms with Gasteiger partial charge in [-0.15, -0.1) is 0 Å². The second-order valence-corrected chi connectivity index (χ2v) is 9.11. The second kappa shape index (κ2) is 7.64. The van der Waals surface area contributed by atoms with Crippen molar-refractivity contribution in [2.45, 2.75) is 11.8 Å². The van der Waals surface area contributed by atoms with Crippen LogP contribution in [0.2, 0.25) is 0 Å². The zero-order chi connectivity index (χ0) is 19.7. The number of anilines is 2. The minimum atomic E-state index is -3.56. The molecule has 2 aliphatic rings. The number of hydrogen-bond donors (Lipinski definition) is 0. The summed E-state index contributed by atoms with van der Waals surface area (Å²) >= 11 is 0. The van der Waals surface area contributed by atoms with Gasteiger partial charge in [0.05, 0.1) is 6.20 Å². The van der Waals surface area contributed by atoms with E-state index in [0.29, 0.717) is 26.2 Å². The topological polar surface area (TPSA) is 98.9 Å². The quantitative estimate of drug-likeness (QED) is 0.695. The average molecular weight is 408 g/mol. The van der Waals surface area contributed by atoms with Crippen LogP contribution in [-0.2, 0) is 10.0 Å². The molecule has 0 N–H and O–H groups in total. The van der Waals surface area contributed by atoms with E-state index in [1.54, 1.807) is 0 Å². The first kappa shape index (κ1) is 19.1. The summed E-state index contributed by atoms with van der Waals surface area (Å²) in [5.41, 5.74) is 0. The van der Waals surface area contributed by atoms with E-state index in [2.05, 4.69) is 41.4 Å². The van der Waals surface area contributed by atoms with E-state index in [4.69, 9.17) is 0 Å². The Morgan fingerprint density at radius 1 is 0.929 bits per heavy atom. The molecule has 0 aromatic carbocycles. The normalized spacial score (nSPS) is 19.9. The summed E-state index contributed by atoms with van der Waals surface area (Å²) < 4.78 is 31.4. The van der Waals surface area contributed by atoms with Gasteiger partial charge >= 0.3 is 0 Å². The van der Waals surface area contributed by atoms with Crippen LogP contribution in [0.15, 0.2) is 27.9 Å². The molecule has 152 valence electrons. The van der Waals surface area contributed by atoms with E-state index in [0.717, 1.165) is 49.9 Å². The number of piperazine rings is 2. The van der Waals surface area contributed by atoms with E-state index in [-0.39, 0.29) is 4.90 Å². The molecular formula is C17H25N7O3S. The summed E-state index contributed by atoms with van der Waals surface area (Å²) in [4.78, 5) is 16.0. The molecule has 4 rings (SSSR count). The van der Waals surface area contributed by atoms with Gasteiger partial charge in [-0.2, -0.15) is 4.31 Å². The third-order valence-electron chi connectivity index (χ3n) is 5.25. The number of hydrogen-bond acceptors (Lipinski definition) is 9. The molecule has 2 saturated heterocycles. The Kier molecular flexibility index (Phi) is 5.21. The number of nitrogens with zero attached hydrogens (tertiary/aromatic N) is 7. The predicted molar refractivity (Wildman–Crippen MR) is 104 cm³/mol. The molecule has 28 heavy (non-hydrogen) atoms. The lowest BCUT2D eigenvalue weighted by molar-refractivity contribution is 0.312. The average Bonchev–Trinajstić information content (AvgIpc) is 3.24. The molecule has 2 aromatic heterocycles. The lowest BCUT2D eigenvalue weighted by atomic mass is 10.3. The van der Waals surface area contributed by atoms with Crippen molar-refractivity contribution in [1.82, 2.24) is 24.3 Å². The Morgan fingerprint density at radius 2 is 1.50 bits per heavy atom. The molecule has 0 aliphatic carbocycles. The van der Waals surface area contributed by atoms with Gasteiger partial charge in [0.15, 0.2) is 0 Å². The fourth-order valence-corrected chi connectivity index (χ4v) is 4.81. The van der Waals surface area contributed by atoms with Crippen molar-refractivity contribution in [3.63, 3.8) is 0 Å². The Hall–Kier alpha value is -2.24. The first-order valence-electron chi connectivity index (χ1n) is 9.37. The molecule has 2 aliphatic heterocycles. The van der Waals surface area contributed by atoms with E-state index < -0.39 is 10.0 Å². The largest absolute Gasteiger partial charge is 0.363 e. The van der Waals surface area contributed by atoms with Gasteiger partial charge in [-0.3, -0.25) is 0 Å². The maximum atomic E-state index is 12.6. The third kappa shape index (κ3) is 3.82. The van der Waals surface area contributed by atoms with Gasteiger partial charge in [0, 0.05) is 58.4 Å². The predicted octanol–water partition coefficient (Wildman–Crippen LogP) is 0.0357. The zero-order valence-corrected chi connectivity index (χ0v) is 17.0. The minimum absolute atomic E-state index is 0.0937. The maximum absolute atomic E-state index is 12.6. The summed E-state index contributed by atoms with van der Waals surface area (Å²) in [5.74, 6) is 2.52. The molecule has 0 amide bonds. The monoisotopic (exact) mass is 407 g/mol. The van der Waals surface area contributed by atoms with E-state index in [1.807, 2.05) is 13.0 Å². The van der Waals surface area contributed by atoms with E-state index in [1.165, 1.54) is 10.5 Å². The van der Waals surface area contributed by atoms with Gasteiger partial charge in [0.2, 0.25) is 10.0 Å². The van der Waals surface area contributed by atoms with Crippen LogP contribution in [0.25, 0.3) is 0 Å². The molecule has 2 fully saturated rings. The number of aromatic nitrogens is 3. The summed E-state index contributed by atoms with van der Waals surface area (Å²) in [7, 11) is -1.43. The molecule has 0 spiro atoms. The van der Waals surface area contributed by atoms with Crippen LogP contribution in [0.4, 0.5) is 11.6 Å². The van der Waals surface area contributed by atoms with Crippen LogP contribution in [0.1, 0.15) is 5.82 Å². The summed E-state index contributed by atoms with van der Waals surface area (Å²) in [5, 5.41) is 3.50. The number of sulfonamides is 1. The highest BCUT2D eigenvalue weighted by atomic mass is 32.2. The van der Waals surface area contributed by atoms with Crippen LogP contribution in [0.3, 0.4) is 0 Å². The molecule has 0 saturated carbocycles. The summed E-state index contributed by atoms with van der Waals surface area (Å²) in [6.45, 7) is 7.73. The van der Waals surface area contributed by atoms with E-state index in [9.17, 15) is 8.42 Å². The van der Waals surface area contributed by atoms with Crippen LogP contribution in [0, 0.1) is 6.92 Å². The molecule has 0 unspecified atom stereocenters. The molecular weight excluding hydrogens is 382 g/mol. The molecule has 0 atom stereocenters. The standard InChI is InChI=1S/C17H25N7O3S/c1-14-19-16(22-5-3-21(2)4-6-22)11-17(20-14)23-7-9-24(10-8-23)28(25,26)15-12-18-27-13-15/h11-13H,3-10H2,1-2H3. The van der Waals surface area contributed by atoms with Crippen molar-refractivity contribution in [3.8, 4) is 0 Å². The molecule has 0 radical (unpaired) electrons. The number of likely N-dealkylation sites (N-methyl/N-ethyl adjacent to an activating group) is 1. The van der Waals surface area contributed by atoms with Crippen molar-refractivity contribution >= 4 is 21.7 Å². The summed E-state index contributed by atoms with van der Waals surface area (Å²) in [6.07, 6.45) is 2.40. The maximum Gasteiger partial charge on any atom is 0.248 e. The third-order valence-corrected chi connectivity index (χ3v) is 7.09. The van der Waals surface area contributed by atoms with Crippen molar-refractivity contribution in [1.29, 1.82) is 0 Å². The van der Waals surface area contributed by atoms with Gasteiger partial charge in [-0.1, -0.05) is 5.16 Å². The fourth-order valence-electron chi connectivity index (χ4n) is 3.53. The zero-order valence-electron chi connectivity index (χ0n) is 16.2. The molecule has 2 aromatic rings. The minimum Gasteiger partial charge on any atom is -0.363 e. The highest BCUT2D eigenvalue weighted by Crippen LogP contribution is 2.23. The van der Waals surface area contributed by atoms with Gasteiger partial charge in [0.25, 0.3) is 0 Å². The van der Waals surface area contributed by atoms with E-state index >= 15 is 0 Å². The van der Waals surface area contributed by atoms with Gasteiger partial charge < -0.3 is 19.2 Å². The highest BCUT2D eigenvalue weighted by Gasteiger charge is 2.30. The van der Waals surface area contributed by atoms with Gasteiger partial charge in [-0.25, -0.2) is 18.4 Å². The Bertz CT molecular complexity index is 903. The Balaban J connectivity index is 1.46. The van der Waals surface area contributed by atoms with Crippen molar-refractivity contribution in [3.05, 3.63) is 24.4 Å². The van der Waals surface area contributed by atoms with Crippen LogP contribution in [0.5, 0.6) is 0 Å². The van der Waals surface area contributed by atoms with Crippen molar-refractivity contribution in [2.24, 2.45) is 0 Å². The lowest BCUT2D eigenvalue weighted by Crippen LogP contribution is -2.49. The second-order valence-electron chi connectivity index (χ2n) is 7.17. The van der Waals surface area contributed by atoms with Crippen molar-refractivity contribution in [2.75, 3.05) is 69.2 Å². The van der Waals surface area contributed by atoms with Gasteiger partial charge in [0.1, 0.15) is 28.6 Å². The van der Waals surface area contributed by atoms with Gasteiger partial charge in [-0.05, 0) is 14.0 Å². The van der Waals surface area contributed by atoms with Crippen molar-refractivity contribution < 1.29 is 12.9 Å². The fraction of sp³-hybridized carbons (Fsp3) is 0.588. The number of rotatable bonds is 4. The lowest BCUT2D eigenvalue weighted by Gasteiger charge is -2.36. The molecule has 11 heteroatoms.